The average molecular weight is 355 g/mol. The summed E-state index contributed by atoms with van der Waals surface area (Å²) in [6.07, 6.45) is 0.682. The van der Waals surface area contributed by atoms with Gasteiger partial charge in [-0.15, -0.1) is 0 Å². The lowest BCUT2D eigenvalue weighted by Crippen LogP contribution is -2.30. The van der Waals surface area contributed by atoms with Crippen LogP contribution in [-0.4, -0.2) is 53.7 Å². The first-order valence-electron chi connectivity index (χ1n) is 6.49. The van der Waals surface area contributed by atoms with Crippen LogP contribution >= 0.6 is 23.2 Å². The fourth-order valence-corrected chi connectivity index (χ4v) is 3.94. The first kappa shape index (κ1) is 18.7. The van der Waals surface area contributed by atoms with Gasteiger partial charge in [0.25, 0.3) is 0 Å². The molecule has 0 bridgehead atoms. The van der Waals surface area contributed by atoms with Crippen molar-refractivity contribution in [2.24, 2.45) is 0 Å². The monoisotopic (exact) mass is 354 g/mol. The Bertz CT molecular complexity index is 532. The third kappa shape index (κ3) is 6.10. The Morgan fingerprint density at radius 2 is 1.86 bits per heavy atom. The maximum absolute atomic E-state index is 12.2. The van der Waals surface area contributed by atoms with Crippen LogP contribution in [0.1, 0.15) is 6.42 Å². The zero-order valence-electron chi connectivity index (χ0n) is 12.1. The number of nitrogens with zero attached hydrogens (tertiary/aromatic N) is 1. The molecule has 0 saturated carbocycles. The quantitative estimate of drug-likeness (QED) is 0.691. The van der Waals surface area contributed by atoms with E-state index in [1.807, 2.05) is 7.05 Å². The molecule has 1 aromatic carbocycles. The smallest absolute Gasteiger partial charge is 0.243 e. The van der Waals surface area contributed by atoms with E-state index in [9.17, 15) is 8.42 Å². The van der Waals surface area contributed by atoms with Gasteiger partial charge in [-0.05, 0) is 32.1 Å². The van der Waals surface area contributed by atoms with Gasteiger partial charge in [0, 0.05) is 20.2 Å². The Balaban J connectivity index is 2.51. The summed E-state index contributed by atoms with van der Waals surface area (Å²) in [5.74, 6) is 0. The first-order chi connectivity index (χ1) is 9.88. The van der Waals surface area contributed by atoms with E-state index in [1.54, 1.807) is 13.2 Å². The number of likely N-dealkylation sites (N-methyl/N-ethyl adjacent to an activating group) is 1. The molecule has 0 amide bonds. The SMILES string of the molecule is COCCN(C)CCCNS(=O)(=O)c1c(Cl)cccc1Cl. The third-order valence-electron chi connectivity index (χ3n) is 2.87. The predicted octanol–water partition coefficient (Wildman–Crippen LogP) is 2.24. The number of sulfonamides is 1. The molecule has 8 heteroatoms. The van der Waals surface area contributed by atoms with Gasteiger partial charge >= 0.3 is 0 Å². The highest BCUT2D eigenvalue weighted by Gasteiger charge is 2.20. The summed E-state index contributed by atoms with van der Waals surface area (Å²) in [5.41, 5.74) is 0. The van der Waals surface area contributed by atoms with E-state index < -0.39 is 10.0 Å². The summed E-state index contributed by atoms with van der Waals surface area (Å²) in [6, 6.07) is 4.61. The van der Waals surface area contributed by atoms with Gasteiger partial charge in [-0.3, -0.25) is 0 Å². The number of benzene rings is 1. The summed E-state index contributed by atoms with van der Waals surface area (Å²) in [4.78, 5) is 2.00. The molecule has 1 rings (SSSR count). The van der Waals surface area contributed by atoms with E-state index in [4.69, 9.17) is 27.9 Å². The standard InChI is InChI=1S/C13H20Cl2N2O3S/c1-17(9-10-20-2)8-4-7-16-21(18,19)13-11(14)5-3-6-12(13)15/h3,5-6,16H,4,7-10H2,1-2H3. The Morgan fingerprint density at radius 3 is 2.43 bits per heavy atom. The third-order valence-corrected chi connectivity index (χ3v) is 5.29. The van der Waals surface area contributed by atoms with Gasteiger partial charge in [-0.1, -0.05) is 29.3 Å². The molecule has 21 heavy (non-hydrogen) atoms. The highest BCUT2D eigenvalue weighted by molar-refractivity contribution is 7.89. The molecule has 1 N–H and O–H groups in total. The number of nitrogens with one attached hydrogen (secondary N) is 1. The molecule has 0 atom stereocenters. The van der Waals surface area contributed by atoms with Crippen LogP contribution in [0, 0.1) is 0 Å². The van der Waals surface area contributed by atoms with Crippen LogP contribution in [0.15, 0.2) is 23.1 Å². The summed E-state index contributed by atoms with van der Waals surface area (Å²) >= 11 is 11.8. The largest absolute Gasteiger partial charge is 0.383 e. The number of hydrogen-bond acceptors (Lipinski definition) is 4. The fraction of sp³-hybridized carbons (Fsp3) is 0.538. The molecule has 5 nitrogen and oxygen atoms in total. The summed E-state index contributed by atoms with van der Waals surface area (Å²) < 4.78 is 31.8. The molecule has 1 aromatic rings. The van der Waals surface area contributed by atoms with Crippen LogP contribution in [0.3, 0.4) is 0 Å². The van der Waals surface area contributed by atoms with Crippen LogP contribution in [-0.2, 0) is 14.8 Å². The van der Waals surface area contributed by atoms with Crippen LogP contribution in [0.2, 0.25) is 10.0 Å². The van der Waals surface area contributed by atoms with Crippen molar-refractivity contribution < 1.29 is 13.2 Å². The van der Waals surface area contributed by atoms with E-state index in [0.29, 0.717) is 19.6 Å². The number of halogens is 2. The summed E-state index contributed by atoms with van der Waals surface area (Å²) in [7, 11) is -0.0887. The maximum atomic E-state index is 12.2. The zero-order valence-corrected chi connectivity index (χ0v) is 14.4. The van der Waals surface area contributed by atoms with Gasteiger partial charge in [0.1, 0.15) is 4.90 Å². The van der Waals surface area contributed by atoms with Crippen molar-refractivity contribution in [2.75, 3.05) is 40.4 Å². The Kier molecular flexibility index (Phi) is 7.94. The molecular weight excluding hydrogens is 335 g/mol. The van der Waals surface area contributed by atoms with E-state index in [0.717, 1.165) is 13.1 Å². The molecule has 0 aliphatic carbocycles. The minimum Gasteiger partial charge on any atom is -0.383 e. The van der Waals surface area contributed by atoms with Gasteiger partial charge in [-0.25, -0.2) is 13.1 Å². The van der Waals surface area contributed by atoms with E-state index in [-0.39, 0.29) is 14.9 Å². The average Bonchev–Trinajstić information content (AvgIpc) is 2.41. The number of rotatable bonds is 9. The van der Waals surface area contributed by atoms with Crippen molar-refractivity contribution in [1.29, 1.82) is 0 Å². The predicted molar refractivity (Wildman–Crippen MR) is 85.6 cm³/mol. The lowest BCUT2D eigenvalue weighted by molar-refractivity contribution is 0.161. The van der Waals surface area contributed by atoms with Crippen molar-refractivity contribution in [1.82, 2.24) is 9.62 Å². The number of methoxy groups -OCH3 is 1. The molecule has 0 fully saturated rings. The molecule has 0 spiro atoms. The highest BCUT2D eigenvalue weighted by atomic mass is 35.5. The maximum Gasteiger partial charge on any atom is 0.243 e. The molecule has 0 aliphatic heterocycles. The Hall–Kier alpha value is -0.370. The molecule has 120 valence electrons. The minimum atomic E-state index is -3.69. The van der Waals surface area contributed by atoms with E-state index >= 15 is 0 Å². The first-order valence-corrected chi connectivity index (χ1v) is 8.73. The van der Waals surface area contributed by atoms with Gasteiger partial charge in [0.15, 0.2) is 0 Å². The Labute approximate surface area is 136 Å². The summed E-state index contributed by atoms with van der Waals surface area (Å²) in [5, 5.41) is 0.236. The normalized spacial score (nSPS) is 12.0. The lowest BCUT2D eigenvalue weighted by Gasteiger charge is -2.16. The zero-order chi connectivity index (χ0) is 15.9. The minimum absolute atomic E-state index is 0.0685. The van der Waals surface area contributed by atoms with Crippen molar-refractivity contribution in [3.63, 3.8) is 0 Å². The summed E-state index contributed by atoms with van der Waals surface area (Å²) in [6.45, 7) is 2.54. The van der Waals surface area contributed by atoms with Crippen molar-refractivity contribution >= 4 is 33.2 Å². The van der Waals surface area contributed by atoms with Crippen LogP contribution in [0.5, 0.6) is 0 Å². The van der Waals surface area contributed by atoms with Crippen LogP contribution in [0.25, 0.3) is 0 Å². The van der Waals surface area contributed by atoms with Gasteiger partial charge in [-0.2, -0.15) is 0 Å². The van der Waals surface area contributed by atoms with E-state index in [2.05, 4.69) is 9.62 Å². The topological polar surface area (TPSA) is 58.6 Å². The van der Waals surface area contributed by atoms with Crippen LogP contribution in [0.4, 0.5) is 0 Å². The lowest BCUT2D eigenvalue weighted by atomic mass is 10.4. The molecule has 0 aliphatic rings. The van der Waals surface area contributed by atoms with Gasteiger partial charge < -0.3 is 9.64 Å². The molecule has 0 heterocycles. The number of hydrogen-bond donors (Lipinski definition) is 1. The number of ether oxygens (including phenoxy) is 1. The Morgan fingerprint density at radius 1 is 1.24 bits per heavy atom. The molecule has 0 aromatic heterocycles. The molecule has 0 radical (unpaired) electrons. The van der Waals surface area contributed by atoms with Gasteiger partial charge in [0.05, 0.1) is 16.7 Å². The van der Waals surface area contributed by atoms with Crippen molar-refractivity contribution in [2.45, 2.75) is 11.3 Å². The fourth-order valence-electron chi connectivity index (χ4n) is 1.73. The molecule has 0 saturated heterocycles. The van der Waals surface area contributed by atoms with E-state index in [1.165, 1.54) is 12.1 Å². The van der Waals surface area contributed by atoms with Crippen molar-refractivity contribution in [3.05, 3.63) is 28.2 Å². The molecular formula is C13H20Cl2N2O3S. The highest BCUT2D eigenvalue weighted by Crippen LogP contribution is 2.28. The van der Waals surface area contributed by atoms with Crippen LogP contribution < -0.4 is 4.72 Å². The second-order valence-corrected chi connectivity index (χ2v) is 7.12. The van der Waals surface area contributed by atoms with Gasteiger partial charge in [0.2, 0.25) is 10.0 Å². The van der Waals surface area contributed by atoms with Crippen molar-refractivity contribution in [3.8, 4) is 0 Å². The second-order valence-electron chi connectivity index (χ2n) is 4.60. The second kappa shape index (κ2) is 8.92. The molecule has 0 unspecified atom stereocenters.